The van der Waals surface area contributed by atoms with Crippen LogP contribution in [0.3, 0.4) is 0 Å². The molecule has 0 fully saturated rings. The highest BCUT2D eigenvalue weighted by atomic mass is 16.7. The minimum absolute atomic E-state index is 0.00428. The summed E-state index contributed by atoms with van der Waals surface area (Å²) >= 11 is 0. The van der Waals surface area contributed by atoms with E-state index < -0.39 is 36.4 Å². The Kier molecular flexibility index (Phi) is 17.6. The van der Waals surface area contributed by atoms with Crippen LogP contribution in [0.1, 0.15) is 104 Å². The third kappa shape index (κ3) is 13.7. The molecule has 0 saturated heterocycles. The average molecular weight is 445 g/mol. The topological polar surface area (TPSA) is 124 Å². The first-order valence-corrected chi connectivity index (χ1v) is 11.9. The second kappa shape index (κ2) is 18.3. The molecule has 4 N–H and O–H groups in total. The lowest BCUT2D eigenvalue weighted by Gasteiger charge is -2.30. The molecule has 3 atom stereocenters. The van der Waals surface area contributed by atoms with Crippen molar-refractivity contribution < 1.29 is 34.8 Å². The summed E-state index contributed by atoms with van der Waals surface area (Å²) in [6.45, 7) is 2.35. The molecule has 0 spiro atoms. The van der Waals surface area contributed by atoms with E-state index in [0.29, 0.717) is 6.42 Å². The standard InChI is InChI=1S/C24H44O7/c1-3-4-5-6-7-8-9-10-11-12-13-14-15-16-17-18-22(28)31-24(30,20(2)26)23(29)21(27)19-25/h10-11,20-21,25-27,30H,3-9,12-19H2,1-2H3/b11-10-. The third-order valence-corrected chi connectivity index (χ3v) is 5.31. The molecule has 0 heterocycles. The highest BCUT2D eigenvalue weighted by Gasteiger charge is 2.47. The second-order valence-corrected chi connectivity index (χ2v) is 8.24. The zero-order chi connectivity index (χ0) is 23.5. The molecular weight excluding hydrogens is 400 g/mol. The number of Topliss-reactive ketones (excluding diaryl/α,β-unsaturated/α-hetero) is 1. The molecule has 0 amide bonds. The van der Waals surface area contributed by atoms with Gasteiger partial charge in [0.25, 0.3) is 5.79 Å². The van der Waals surface area contributed by atoms with E-state index in [-0.39, 0.29) is 6.42 Å². The molecule has 7 nitrogen and oxygen atoms in total. The first-order valence-electron chi connectivity index (χ1n) is 11.9. The maximum Gasteiger partial charge on any atom is 0.308 e. The third-order valence-electron chi connectivity index (χ3n) is 5.31. The van der Waals surface area contributed by atoms with E-state index >= 15 is 0 Å². The van der Waals surface area contributed by atoms with Gasteiger partial charge in [-0.1, -0.05) is 70.4 Å². The predicted octanol–water partition coefficient (Wildman–Crippen LogP) is 3.56. The van der Waals surface area contributed by atoms with E-state index in [1.165, 1.54) is 38.5 Å². The molecule has 182 valence electrons. The van der Waals surface area contributed by atoms with Crippen LogP contribution in [-0.4, -0.2) is 56.8 Å². The Morgan fingerprint density at radius 1 is 0.871 bits per heavy atom. The molecular formula is C24H44O7. The quantitative estimate of drug-likeness (QED) is 0.0979. The Bertz CT molecular complexity index is 504. The van der Waals surface area contributed by atoms with E-state index in [0.717, 1.165) is 45.4 Å². The van der Waals surface area contributed by atoms with Crippen molar-refractivity contribution in [1.82, 2.24) is 0 Å². The van der Waals surface area contributed by atoms with Crippen molar-refractivity contribution in [3.63, 3.8) is 0 Å². The number of ether oxygens (including phenoxy) is 1. The van der Waals surface area contributed by atoms with Gasteiger partial charge in [-0.25, -0.2) is 0 Å². The maximum absolute atomic E-state index is 11.9. The summed E-state index contributed by atoms with van der Waals surface area (Å²) in [6, 6.07) is 0. The van der Waals surface area contributed by atoms with Gasteiger partial charge in [0.2, 0.25) is 5.78 Å². The van der Waals surface area contributed by atoms with Crippen LogP contribution in [0.25, 0.3) is 0 Å². The first-order chi connectivity index (χ1) is 14.8. The van der Waals surface area contributed by atoms with Gasteiger partial charge in [0, 0.05) is 6.42 Å². The summed E-state index contributed by atoms with van der Waals surface area (Å²) in [7, 11) is 0. The van der Waals surface area contributed by atoms with Gasteiger partial charge in [-0.15, -0.1) is 0 Å². The Hall–Kier alpha value is -1.28. The largest absolute Gasteiger partial charge is 0.422 e. The number of hydrogen-bond donors (Lipinski definition) is 4. The zero-order valence-corrected chi connectivity index (χ0v) is 19.4. The van der Waals surface area contributed by atoms with Gasteiger partial charge in [-0.3, -0.25) is 9.59 Å². The summed E-state index contributed by atoms with van der Waals surface area (Å²) < 4.78 is 4.74. The minimum Gasteiger partial charge on any atom is -0.422 e. The van der Waals surface area contributed by atoms with Gasteiger partial charge in [0.05, 0.1) is 6.61 Å². The number of aliphatic hydroxyl groups excluding tert-OH is 3. The van der Waals surface area contributed by atoms with Crippen LogP contribution in [0, 0.1) is 0 Å². The van der Waals surface area contributed by atoms with Gasteiger partial charge in [-0.05, 0) is 39.0 Å². The molecule has 0 bridgehead atoms. The van der Waals surface area contributed by atoms with Gasteiger partial charge >= 0.3 is 5.97 Å². The lowest BCUT2D eigenvalue weighted by molar-refractivity contribution is -0.241. The fourth-order valence-electron chi connectivity index (χ4n) is 3.23. The number of hydrogen-bond acceptors (Lipinski definition) is 7. The number of carbonyl (C=O) groups is 2. The lowest BCUT2D eigenvalue weighted by atomic mass is 10.0. The predicted molar refractivity (Wildman–Crippen MR) is 120 cm³/mol. The van der Waals surface area contributed by atoms with Crippen molar-refractivity contribution in [2.75, 3.05) is 6.61 Å². The smallest absolute Gasteiger partial charge is 0.308 e. The molecule has 0 radical (unpaired) electrons. The summed E-state index contributed by atoms with van der Waals surface area (Å²) in [5, 5.41) is 37.9. The number of ketones is 1. The van der Waals surface area contributed by atoms with Crippen LogP contribution in [0.2, 0.25) is 0 Å². The van der Waals surface area contributed by atoms with Crippen molar-refractivity contribution in [2.45, 2.75) is 122 Å². The van der Waals surface area contributed by atoms with Crippen molar-refractivity contribution in [1.29, 1.82) is 0 Å². The molecule has 0 rings (SSSR count). The van der Waals surface area contributed by atoms with Crippen LogP contribution >= 0.6 is 0 Å². The number of esters is 1. The molecule has 7 heteroatoms. The van der Waals surface area contributed by atoms with Crippen LogP contribution in [-0.2, 0) is 14.3 Å². The molecule has 0 aromatic rings. The zero-order valence-electron chi connectivity index (χ0n) is 19.4. The fourth-order valence-corrected chi connectivity index (χ4v) is 3.23. The molecule has 0 aliphatic carbocycles. The Balaban J connectivity index is 3.83. The van der Waals surface area contributed by atoms with Crippen molar-refractivity contribution >= 4 is 11.8 Å². The number of aliphatic hydroxyl groups is 4. The molecule has 0 aliphatic rings. The fraction of sp³-hybridized carbons (Fsp3) is 0.833. The summed E-state index contributed by atoms with van der Waals surface area (Å²) in [6.07, 6.45) is 15.5. The van der Waals surface area contributed by atoms with E-state index in [9.17, 15) is 24.9 Å². The maximum atomic E-state index is 11.9. The Morgan fingerprint density at radius 2 is 1.35 bits per heavy atom. The van der Waals surface area contributed by atoms with E-state index in [1.807, 2.05) is 0 Å². The Labute approximate surface area is 187 Å². The number of allylic oxidation sites excluding steroid dienone is 2. The first kappa shape index (κ1) is 29.7. The number of unbranched alkanes of at least 4 members (excludes halogenated alkanes) is 11. The Morgan fingerprint density at radius 3 is 1.84 bits per heavy atom. The van der Waals surface area contributed by atoms with Crippen LogP contribution in [0.5, 0.6) is 0 Å². The average Bonchev–Trinajstić information content (AvgIpc) is 2.74. The summed E-state index contributed by atoms with van der Waals surface area (Å²) in [5.74, 6) is -5.04. The van der Waals surface area contributed by atoms with Gasteiger partial charge in [0.15, 0.2) is 0 Å². The highest BCUT2D eigenvalue weighted by molar-refractivity contribution is 5.92. The molecule has 0 saturated carbocycles. The lowest BCUT2D eigenvalue weighted by Crippen LogP contribution is -2.56. The summed E-state index contributed by atoms with van der Waals surface area (Å²) in [4.78, 5) is 23.8. The number of rotatable bonds is 20. The van der Waals surface area contributed by atoms with Gasteiger partial charge < -0.3 is 25.2 Å². The van der Waals surface area contributed by atoms with Crippen LogP contribution < -0.4 is 0 Å². The molecule has 0 aliphatic heterocycles. The molecule has 0 aromatic heterocycles. The number of carbonyl (C=O) groups excluding carboxylic acids is 2. The van der Waals surface area contributed by atoms with Crippen LogP contribution in [0.4, 0.5) is 0 Å². The van der Waals surface area contributed by atoms with Gasteiger partial charge in [0.1, 0.15) is 12.2 Å². The SMILES string of the molecule is CCCCCCCC/C=C\CCCCCCCC(=O)OC(O)(C(=O)C(O)CO)C(C)O. The molecule has 3 unspecified atom stereocenters. The van der Waals surface area contributed by atoms with E-state index in [2.05, 4.69) is 19.1 Å². The molecule has 0 aromatic carbocycles. The highest BCUT2D eigenvalue weighted by Crippen LogP contribution is 2.19. The monoisotopic (exact) mass is 444 g/mol. The van der Waals surface area contributed by atoms with Crippen molar-refractivity contribution in [3.05, 3.63) is 12.2 Å². The second-order valence-electron chi connectivity index (χ2n) is 8.24. The van der Waals surface area contributed by atoms with Crippen LogP contribution in [0.15, 0.2) is 12.2 Å². The van der Waals surface area contributed by atoms with E-state index in [4.69, 9.17) is 9.84 Å². The van der Waals surface area contributed by atoms with E-state index in [1.54, 1.807) is 0 Å². The van der Waals surface area contributed by atoms with Crippen molar-refractivity contribution in [3.8, 4) is 0 Å². The van der Waals surface area contributed by atoms with Crippen molar-refractivity contribution in [2.24, 2.45) is 0 Å². The summed E-state index contributed by atoms with van der Waals surface area (Å²) in [5.41, 5.74) is 0. The van der Waals surface area contributed by atoms with Gasteiger partial charge in [-0.2, -0.15) is 0 Å². The minimum atomic E-state index is -2.86. The molecule has 31 heavy (non-hydrogen) atoms. The normalized spacial score (nSPS) is 15.5.